The Morgan fingerprint density at radius 1 is 1.00 bits per heavy atom. The van der Waals surface area contributed by atoms with Crippen molar-refractivity contribution in [2.45, 2.75) is 24.3 Å². The zero-order valence-corrected chi connectivity index (χ0v) is 19.8. The number of likely N-dealkylation sites (tertiary alicyclic amines) is 1. The van der Waals surface area contributed by atoms with Crippen LogP contribution in [0.15, 0.2) is 78.0 Å². The van der Waals surface area contributed by atoms with Crippen LogP contribution in [0, 0.1) is 5.92 Å². The second kappa shape index (κ2) is 11.3. The van der Waals surface area contributed by atoms with Crippen molar-refractivity contribution in [1.82, 2.24) is 9.88 Å². The van der Waals surface area contributed by atoms with Crippen LogP contribution < -0.4 is 5.32 Å². The highest BCUT2D eigenvalue weighted by molar-refractivity contribution is 8.00. The molecular formula is C26H26ClN3O2S. The molecule has 1 aliphatic rings. The monoisotopic (exact) mass is 479 g/mol. The van der Waals surface area contributed by atoms with Gasteiger partial charge in [-0.2, -0.15) is 0 Å². The highest BCUT2D eigenvalue weighted by Gasteiger charge is 2.25. The number of rotatable bonds is 7. The standard InChI is InChI=1S/C26H26ClN3O2S/c27-21-8-10-22(11-9-21)29-24(31)18-33-25-23(7-4-14-28-25)26(32)30-15-12-20(13-16-30)17-19-5-2-1-3-6-19/h1-11,14,20H,12-13,15-18H2,(H,29,31). The Morgan fingerprint density at radius 3 is 2.45 bits per heavy atom. The maximum atomic E-state index is 13.2. The van der Waals surface area contributed by atoms with E-state index in [1.54, 1.807) is 42.6 Å². The van der Waals surface area contributed by atoms with Gasteiger partial charge in [-0.3, -0.25) is 9.59 Å². The third kappa shape index (κ3) is 6.59. The third-order valence-corrected chi connectivity index (χ3v) is 7.00. The van der Waals surface area contributed by atoms with Crippen molar-refractivity contribution < 1.29 is 9.59 Å². The molecule has 2 amide bonds. The predicted molar refractivity (Wildman–Crippen MR) is 134 cm³/mol. The number of hydrogen-bond acceptors (Lipinski definition) is 4. The van der Waals surface area contributed by atoms with Crippen LogP contribution in [0.3, 0.4) is 0 Å². The maximum Gasteiger partial charge on any atom is 0.256 e. The zero-order chi connectivity index (χ0) is 23.0. The van der Waals surface area contributed by atoms with Gasteiger partial charge in [0.25, 0.3) is 5.91 Å². The molecule has 0 radical (unpaired) electrons. The molecule has 1 N–H and O–H groups in total. The van der Waals surface area contributed by atoms with Crippen LogP contribution in [-0.4, -0.2) is 40.5 Å². The SMILES string of the molecule is O=C(CSc1ncccc1C(=O)N1CCC(Cc2ccccc2)CC1)Nc1ccc(Cl)cc1. The normalized spacial score (nSPS) is 14.2. The molecule has 0 spiro atoms. The Bertz CT molecular complexity index is 1080. The molecule has 0 atom stereocenters. The van der Waals surface area contributed by atoms with Gasteiger partial charge in [0.1, 0.15) is 5.03 Å². The molecule has 3 aromatic rings. The summed E-state index contributed by atoms with van der Waals surface area (Å²) in [7, 11) is 0. The number of thioether (sulfide) groups is 1. The van der Waals surface area contributed by atoms with Gasteiger partial charge in [-0.25, -0.2) is 4.98 Å². The van der Waals surface area contributed by atoms with E-state index in [1.807, 2.05) is 11.0 Å². The fourth-order valence-corrected chi connectivity index (χ4v) is 4.90. The van der Waals surface area contributed by atoms with E-state index in [0.29, 0.717) is 27.2 Å². The van der Waals surface area contributed by atoms with Crippen LogP contribution in [0.4, 0.5) is 5.69 Å². The van der Waals surface area contributed by atoms with E-state index < -0.39 is 0 Å². The summed E-state index contributed by atoms with van der Waals surface area (Å²) in [4.78, 5) is 31.9. The quantitative estimate of drug-likeness (QED) is 0.450. The number of nitrogens with one attached hydrogen (secondary N) is 1. The largest absolute Gasteiger partial charge is 0.339 e. The van der Waals surface area contributed by atoms with E-state index in [4.69, 9.17) is 11.6 Å². The number of aromatic nitrogens is 1. The second-order valence-corrected chi connectivity index (χ2v) is 9.53. The zero-order valence-electron chi connectivity index (χ0n) is 18.2. The minimum atomic E-state index is -0.159. The van der Waals surface area contributed by atoms with Crippen LogP contribution in [0.2, 0.25) is 5.02 Å². The minimum Gasteiger partial charge on any atom is -0.339 e. The van der Waals surface area contributed by atoms with Gasteiger partial charge in [0.05, 0.1) is 11.3 Å². The van der Waals surface area contributed by atoms with Gasteiger partial charge in [-0.05, 0) is 67.1 Å². The van der Waals surface area contributed by atoms with Crippen LogP contribution in [0.5, 0.6) is 0 Å². The fraction of sp³-hybridized carbons (Fsp3) is 0.269. The Balaban J connectivity index is 1.31. The number of nitrogens with zero attached hydrogens (tertiary/aromatic N) is 2. The highest BCUT2D eigenvalue weighted by atomic mass is 35.5. The number of benzene rings is 2. The molecule has 7 heteroatoms. The molecule has 1 fully saturated rings. The molecule has 5 nitrogen and oxygen atoms in total. The van der Waals surface area contributed by atoms with Gasteiger partial charge in [0.2, 0.25) is 5.91 Å². The third-order valence-electron chi connectivity index (χ3n) is 5.74. The lowest BCUT2D eigenvalue weighted by Crippen LogP contribution is -2.39. The first-order valence-electron chi connectivity index (χ1n) is 11.0. The fourth-order valence-electron chi connectivity index (χ4n) is 3.99. The average Bonchev–Trinajstić information content (AvgIpc) is 2.85. The van der Waals surface area contributed by atoms with E-state index in [1.165, 1.54) is 17.3 Å². The lowest BCUT2D eigenvalue weighted by atomic mass is 9.90. The molecule has 0 unspecified atom stereocenters. The molecule has 0 saturated carbocycles. The van der Waals surface area contributed by atoms with Gasteiger partial charge in [-0.15, -0.1) is 0 Å². The summed E-state index contributed by atoms with van der Waals surface area (Å²) < 4.78 is 0. The summed E-state index contributed by atoms with van der Waals surface area (Å²) in [6.07, 6.45) is 4.70. The molecule has 1 aliphatic heterocycles. The van der Waals surface area contributed by atoms with Gasteiger partial charge >= 0.3 is 0 Å². The Kier molecular flexibility index (Phi) is 8.02. The average molecular weight is 480 g/mol. The molecule has 1 saturated heterocycles. The van der Waals surface area contributed by atoms with E-state index in [0.717, 1.165) is 32.4 Å². The van der Waals surface area contributed by atoms with Gasteiger partial charge in [0.15, 0.2) is 0 Å². The van der Waals surface area contributed by atoms with Crippen LogP contribution >= 0.6 is 23.4 Å². The van der Waals surface area contributed by atoms with Crippen molar-refractivity contribution in [3.05, 3.63) is 89.1 Å². The first-order valence-corrected chi connectivity index (χ1v) is 12.4. The van der Waals surface area contributed by atoms with Crippen molar-refractivity contribution in [2.24, 2.45) is 5.92 Å². The summed E-state index contributed by atoms with van der Waals surface area (Å²) in [5.41, 5.74) is 2.59. The van der Waals surface area contributed by atoms with Crippen LogP contribution in [0.1, 0.15) is 28.8 Å². The van der Waals surface area contributed by atoms with Crippen molar-refractivity contribution in [1.29, 1.82) is 0 Å². The summed E-state index contributed by atoms with van der Waals surface area (Å²) in [5, 5.41) is 4.03. The number of carbonyl (C=O) groups excluding carboxylic acids is 2. The van der Waals surface area contributed by atoms with Crippen molar-refractivity contribution in [2.75, 3.05) is 24.2 Å². The Morgan fingerprint density at radius 2 is 1.73 bits per heavy atom. The van der Waals surface area contributed by atoms with Gasteiger partial charge < -0.3 is 10.2 Å². The number of amides is 2. The minimum absolute atomic E-state index is 0.0122. The van der Waals surface area contributed by atoms with Crippen molar-refractivity contribution >= 4 is 40.9 Å². The second-order valence-electron chi connectivity index (χ2n) is 8.13. The molecule has 33 heavy (non-hydrogen) atoms. The number of piperidine rings is 1. The Hall–Kier alpha value is -2.83. The number of hydrogen-bond donors (Lipinski definition) is 1. The van der Waals surface area contributed by atoms with E-state index in [-0.39, 0.29) is 17.6 Å². The molecule has 0 aliphatic carbocycles. The number of halogens is 1. The van der Waals surface area contributed by atoms with Crippen molar-refractivity contribution in [3.63, 3.8) is 0 Å². The van der Waals surface area contributed by atoms with Crippen molar-refractivity contribution in [3.8, 4) is 0 Å². The van der Waals surface area contributed by atoms with E-state index in [2.05, 4.69) is 34.6 Å². The Labute approximate surface area is 203 Å². The topological polar surface area (TPSA) is 62.3 Å². The first kappa shape index (κ1) is 23.3. The summed E-state index contributed by atoms with van der Waals surface area (Å²) in [6, 6.07) is 21.0. The summed E-state index contributed by atoms with van der Waals surface area (Å²) in [6.45, 7) is 1.48. The highest BCUT2D eigenvalue weighted by Crippen LogP contribution is 2.26. The molecule has 2 heterocycles. The predicted octanol–water partition coefficient (Wildman–Crippen LogP) is 5.56. The molecule has 0 bridgehead atoms. The molecule has 4 rings (SSSR count). The number of anilines is 1. The van der Waals surface area contributed by atoms with Crippen LogP contribution in [-0.2, 0) is 11.2 Å². The van der Waals surface area contributed by atoms with Gasteiger partial charge in [0, 0.05) is 30.0 Å². The lowest BCUT2D eigenvalue weighted by molar-refractivity contribution is -0.113. The molecule has 2 aromatic carbocycles. The van der Waals surface area contributed by atoms with E-state index in [9.17, 15) is 9.59 Å². The number of carbonyl (C=O) groups is 2. The smallest absolute Gasteiger partial charge is 0.256 e. The van der Waals surface area contributed by atoms with Gasteiger partial charge in [-0.1, -0.05) is 53.7 Å². The van der Waals surface area contributed by atoms with Crippen LogP contribution in [0.25, 0.3) is 0 Å². The van der Waals surface area contributed by atoms with E-state index >= 15 is 0 Å². The molecular weight excluding hydrogens is 454 g/mol. The number of pyridine rings is 1. The maximum absolute atomic E-state index is 13.2. The lowest BCUT2D eigenvalue weighted by Gasteiger charge is -2.32. The summed E-state index contributed by atoms with van der Waals surface area (Å²) >= 11 is 7.16. The first-order chi connectivity index (χ1) is 16.1. The molecule has 170 valence electrons. The molecule has 1 aromatic heterocycles. The summed E-state index contributed by atoms with van der Waals surface area (Å²) in [5.74, 6) is 0.588.